The average molecular weight is 1140 g/mol. The van der Waals surface area contributed by atoms with Gasteiger partial charge in [0.05, 0.1) is 26.4 Å². The van der Waals surface area contributed by atoms with E-state index in [-0.39, 0.29) is 25.7 Å². The van der Waals surface area contributed by atoms with Crippen molar-refractivity contribution >= 4 is 39.5 Å². The number of hydrogen-bond acceptors (Lipinski definition) is 15. The molecule has 0 amide bonds. The van der Waals surface area contributed by atoms with Gasteiger partial charge in [0.2, 0.25) is 0 Å². The van der Waals surface area contributed by atoms with Crippen molar-refractivity contribution < 1.29 is 80.2 Å². The van der Waals surface area contributed by atoms with Crippen LogP contribution < -0.4 is 0 Å². The summed E-state index contributed by atoms with van der Waals surface area (Å²) < 4.78 is 67.6. The maximum Gasteiger partial charge on any atom is 0.472 e. The molecule has 0 aliphatic carbocycles. The van der Waals surface area contributed by atoms with E-state index in [2.05, 4.69) is 34.6 Å². The number of carbonyl (C=O) groups excluding carboxylic acids is 4. The fourth-order valence-corrected chi connectivity index (χ4v) is 10.1. The Bertz CT molecular complexity index is 1520. The molecular weight excluding hydrogens is 1030 g/mol. The summed E-state index contributed by atoms with van der Waals surface area (Å²) >= 11 is 0. The fraction of sp³-hybridized carbons (Fsp3) is 0.931. The largest absolute Gasteiger partial charge is 0.472 e. The van der Waals surface area contributed by atoms with Crippen LogP contribution in [-0.4, -0.2) is 96.7 Å². The molecule has 0 spiro atoms. The molecule has 0 rings (SSSR count). The first kappa shape index (κ1) is 75.1. The number of aliphatic hydroxyl groups is 1. The van der Waals surface area contributed by atoms with Gasteiger partial charge < -0.3 is 33.8 Å². The highest BCUT2D eigenvalue weighted by Crippen LogP contribution is 2.45. The third kappa shape index (κ3) is 51.9. The van der Waals surface area contributed by atoms with Crippen molar-refractivity contribution in [2.24, 2.45) is 5.92 Å². The van der Waals surface area contributed by atoms with Gasteiger partial charge in [-0.1, -0.05) is 234 Å². The molecule has 0 saturated heterocycles. The zero-order valence-corrected chi connectivity index (χ0v) is 50.9. The second-order valence-electron chi connectivity index (χ2n) is 21.3. The fourth-order valence-electron chi connectivity index (χ4n) is 8.49. The van der Waals surface area contributed by atoms with E-state index in [0.29, 0.717) is 25.7 Å². The monoisotopic (exact) mass is 1140 g/mol. The summed E-state index contributed by atoms with van der Waals surface area (Å²) in [6.45, 7) is 7.05. The van der Waals surface area contributed by atoms with Crippen LogP contribution in [0.25, 0.3) is 0 Å². The summed E-state index contributed by atoms with van der Waals surface area (Å²) in [6, 6.07) is 0. The minimum absolute atomic E-state index is 0.103. The van der Waals surface area contributed by atoms with Crippen LogP contribution in [0.15, 0.2) is 0 Å². The maximum absolute atomic E-state index is 12.9. The van der Waals surface area contributed by atoms with Crippen molar-refractivity contribution in [3.63, 3.8) is 0 Å². The summed E-state index contributed by atoms with van der Waals surface area (Å²) in [5.74, 6) is -1.43. The number of rotatable bonds is 58. The molecule has 0 aliphatic heterocycles. The summed E-state index contributed by atoms with van der Waals surface area (Å²) in [4.78, 5) is 71.8. The minimum Gasteiger partial charge on any atom is -0.462 e. The van der Waals surface area contributed by atoms with E-state index in [1.54, 1.807) is 0 Å². The molecule has 3 N–H and O–H groups in total. The molecule has 0 aliphatic rings. The molecule has 3 unspecified atom stereocenters. The van der Waals surface area contributed by atoms with Crippen molar-refractivity contribution in [3.05, 3.63) is 0 Å². The number of hydrogen-bond donors (Lipinski definition) is 3. The van der Waals surface area contributed by atoms with Crippen molar-refractivity contribution in [2.45, 2.75) is 303 Å². The van der Waals surface area contributed by atoms with Crippen LogP contribution in [0.4, 0.5) is 0 Å². The van der Waals surface area contributed by atoms with Crippen LogP contribution in [0.5, 0.6) is 0 Å². The van der Waals surface area contributed by atoms with Gasteiger partial charge >= 0.3 is 39.5 Å². The second-order valence-corrected chi connectivity index (χ2v) is 24.2. The van der Waals surface area contributed by atoms with Gasteiger partial charge in [0.15, 0.2) is 12.2 Å². The van der Waals surface area contributed by atoms with Crippen molar-refractivity contribution in [1.29, 1.82) is 0 Å². The number of carbonyl (C=O) groups is 4. The Balaban J connectivity index is 5.23. The lowest BCUT2D eigenvalue weighted by Crippen LogP contribution is -2.30. The predicted molar refractivity (Wildman–Crippen MR) is 303 cm³/mol. The molecule has 77 heavy (non-hydrogen) atoms. The number of phosphoric acid groups is 2. The van der Waals surface area contributed by atoms with Crippen molar-refractivity contribution in [2.75, 3.05) is 39.6 Å². The zero-order valence-electron chi connectivity index (χ0n) is 49.1. The van der Waals surface area contributed by atoms with Crippen LogP contribution in [0.1, 0.15) is 285 Å². The molecule has 0 bridgehead atoms. The zero-order chi connectivity index (χ0) is 57.1. The SMILES string of the molecule is CCCCCCCCCCCC(=O)OC[C@H](COP(=O)(O)OC[C@H](O)COP(=O)(O)OC[C@@H](COC(=O)CCCCCCCCCCC)OC(=O)CCCCCCCCC(C)CC)OC(=O)CCCCCCCCCCC. The lowest BCUT2D eigenvalue weighted by atomic mass is 10.00. The summed E-state index contributed by atoms with van der Waals surface area (Å²) in [7, 11) is -9.87. The lowest BCUT2D eigenvalue weighted by Gasteiger charge is -2.21. The van der Waals surface area contributed by atoms with E-state index in [0.717, 1.165) is 95.8 Å². The first-order valence-electron chi connectivity index (χ1n) is 30.7. The summed E-state index contributed by atoms with van der Waals surface area (Å²) in [6.07, 6.45) is 33.5. The normalized spacial score (nSPS) is 14.8. The quantitative estimate of drug-likeness (QED) is 0.0222. The molecule has 0 fully saturated rings. The Morgan fingerprint density at radius 3 is 0.922 bits per heavy atom. The third-order valence-electron chi connectivity index (χ3n) is 13.6. The summed E-state index contributed by atoms with van der Waals surface area (Å²) in [5, 5.41) is 10.5. The van der Waals surface area contributed by atoms with E-state index in [1.807, 2.05) is 0 Å². The van der Waals surface area contributed by atoms with Gasteiger partial charge in [-0.25, -0.2) is 9.13 Å². The van der Waals surface area contributed by atoms with Gasteiger partial charge in [-0.15, -0.1) is 0 Å². The Hall–Kier alpha value is -1.94. The number of phosphoric ester groups is 2. The smallest absolute Gasteiger partial charge is 0.462 e. The lowest BCUT2D eigenvalue weighted by molar-refractivity contribution is -0.161. The highest BCUT2D eigenvalue weighted by atomic mass is 31.2. The Morgan fingerprint density at radius 2 is 0.623 bits per heavy atom. The maximum atomic E-state index is 12.9. The Labute approximate surface area is 467 Å². The van der Waals surface area contributed by atoms with Crippen molar-refractivity contribution in [1.82, 2.24) is 0 Å². The first-order chi connectivity index (χ1) is 37.1. The number of ether oxygens (including phenoxy) is 4. The topological polar surface area (TPSA) is 237 Å². The van der Waals surface area contributed by atoms with Gasteiger partial charge in [0.25, 0.3) is 0 Å². The molecule has 17 nitrogen and oxygen atoms in total. The van der Waals surface area contributed by atoms with Crippen LogP contribution >= 0.6 is 15.6 Å². The molecular formula is C58H112O17P2. The van der Waals surface area contributed by atoms with E-state index in [1.165, 1.54) is 109 Å². The average Bonchev–Trinajstić information content (AvgIpc) is 3.40. The first-order valence-corrected chi connectivity index (χ1v) is 33.7. The van der Waals surface area contributed by atoms with E-state index < -0.39 is 97.5 Å². The number of esters is 4. The molecule has 0 radical (unpaired) electrons. The summed E-state index contributed by atoms with van der Waals surface area (Å²) in [5.41, 5.74) is 0. The second kappa shape index (κ2) is 52.2. The molecule has 0 aromatic rings. The van der Waals surface area contributed by atoms with Gasteiger partial charge in [-0.3, -0.25) is 37.3 Å². The Morgan fingerprint density at radius 1 is 0.364 bits per heavy atom. The highest BCUT2D eigenvalue weighted by molar-refractivity contribution is 7.47. The van der Waals surface area contributed by atoms with E-state index in [9.17, 15) is 43.2 Å². The molecule has 19 heteroatoms. The Kier molecular flexibility index (Phi) is 50.8. The van der Waals surface area contributed by atoms with Gasteiger partial charge in [0, 0.05) is 25.7 Å². The van der Waals surface area contributed by atoms with E-state index in [4.69, 9.17) is 37.0 Å². The highest BCUT2D eigenvalue weighted by Gasteiger charge is 2.30. The molecule has 456 valence electrons. The molecule has 0 saturated carbocycles. The molecule has 6 atom stereocenters. The van der Waals surface area contributed by atoms with Crippen LogP contribution in [0.3, 0.4) is 0 Å². The van der Waals surface area contributed by atoms with Crippen LogP contribution in [0.2, 0.25) is 0 Å². The van der Waals surface area contributed by atoms with Gasteiger partial charge in [0.1, 0.15) is 19.3 Å². The number of aliphatic hydroxyl groups excluding tert-OH is 1. The minimum atomic E-state index is -4.93. The standard InChI is InChI=1S/C58H112O17P2/c1-6-10-13-16-19-22-25-31-36-41-55(60)68-47-53(74-57(62)43-38-33-27-24-21-18-15-12-8-3)49-72-76(64,65)70-45-52(59)46-71-77(66,67)73-50-54(48-69-56(61)42-37-32-26-23-20-17-14-11-7-2)75-58(63)44-39-34-29-28-30-35-40-51(5)9-4/h51-54,59H,6-50H2,1-5H3,(H,64,65)(H,66,67)/t51?,52-,53+,54+/m0/s1. The van der Waals surface area contributed by atoms with Crippen LogP contribution in [0, 0.1) is 5.92 Å². The van der Waals surface area contributed by atoms with E-state index >= 15 is 0 Å². The van der Waals surface area contributed by atoms with Gasteiger partial charge in [-0.2, -0.15) is 0 Å². The van der Waals surface area contributed by atoms with Crippen molar-refractivity contribution in [3.8, 4) is 0 Å². The molecule has 0 aromatic carbocycles. The predicted octanol–water partition coefficient (Wildman–Crippen LogP) is 15.5. The molecule has 0 heterocycles. The molecule has 0 aromatic heterocycles. The van der Waals surface area contributed by atoms with Crippen LogP contribution in [-0.2, 0) is 65.4 Å². The third-order valence-corrected chi connectivity index (χ3v) is 15.5. The number of unbranched alkanes of at least 4 members (excludes halogenated alkanes) is 29. The van der Waals surface area contributed by atoms with Gasteiger partial charge in [-0.05, 0) is 31.6 Å².